The summed E-state index contributed by atoms with van der Waals surface area (Å²) in [6.07, 6.45) is -4.83. The molecule has 0 aliphatic carbocycles. The fourth-order valence-electron chi connectivity index (χ4n) is 1.19. The number of ether oxygens (including phenoxy) is 1. The van der Waals surface area contributed by atoms with Crippen molar-refractivity contribution in [1.82, 2.24) is 0 Å². The van der Waals surface area contributed by atoms with Crippen LogP contribution in [0.2, 0.25) is 0 Å². The number of halogens is 4. The van der Waals surface area contributed by atoms with Crippen molar-refractivity contribution in [3.8, 4) is 5.75 Å². The minimum absolute atomic E-state index is 0.00702. The van der Waals surface area contributed by atoms with Crippen molar-refractivity contribution >= 4 is 23.1 Å². The number of nitrogens with two attached hydrogens (primary N) is 1. The van der Waals surface area contributed by atoms with Crippen LogP contribution in [-0.4, -0.2) is 17.5 Å². The number of carbonyl (C=O) groups excluding carboxylic acids is 1. The summed E-state index contributed by atoms with van der Waals surface area (Å²) >= 11 is 5.55. The van der Waals surface area contributed by atoms with Gasteiger partial charge in [0.25, 0.3) is 0 Å². The van der Waals surface area contributed by atoms with E-state index in [4.69, 9.17) is 17.3 Å². The highest BCUT2D eigenvalue weighted by atomic mass is 35.5. The van der Waals surface area contributed by atoms with E-state index in [-0.39, 0.29) is 11.3 Å². The lowest BCUT2D eigenvalue weighted by molar-refractivity contribution is -0.274. The van der Waals surface area contributed by atoms with E-state index in [1.165, 1.54) is 13.0 Å². The lowest BCUT2D eigenvalue weighted by atomic mass is 10.1. The third-order valence-corrected chi connectivity index (χ3v) is 2.01. The van der Waals surface area contributed by atoms with Crippen LogP contribution in [0.1, 0.15) is 17.3 Å². The molecule has 0 fully saturated rings. The Morgan fingerprint density at radius 2 is 2.00 bits per heavy atom. The van der Waals surface area contributed by atoms with Crippen molar-refractivity contribution in [2.24, 2.45) is 0 Å². The van der Waals surface area contributed by atoms with Crippen LogP contribution in [0, 0.1) is 0 Å². The molecule has 0 spiro atoms. The molecule has 0 bridgehead atoms. The number of alkyl halides is 4. The van der Waals surface area contributed by atoms with E-state index >= 15 is 0 Å². The molecule has 0 aliphatic rings. The molecule has 0 radical (unpaired) electrons. The lowest BCUT2D eigenvalue weighted by Gasteiger charge is -2.11. The predicted octanol–water partition coefficient (Wildman–Crippen LogP) is 2.98. The fourth-order valence-corrected chi connectivity index (χ4v) is 1.31. The second kappa shape index (κ2) is 4.83. The molecule has 2 N–H and O–H groups in total. The minimum atomic E-state index is -4.83. The van der Waals surface area contributed by atoms with Crippen LogP contribution in [0.25, 0.3) is 0 Å². The normalized spacial score (nSPS) is 13.2. The molecule has 1 aromatic carbocycles. The zero-order valence-electron chi connectivity index (χ0n) is 8.72. The first kappa shape index (κ1) is 13.6. The van der Waals surface area contributed by atoms with Gasteiger partial charge in [0.2, 0.25) is 0 Å². The number of nitrogen functional groups attached to an aromatic ring is 1. The molecule has 94 valence electrons. The van der Waals surface area contributed by atoms with Crippen molar-refractivity contribution in [2.45, 2.75) is 18.7 Å². The summed E-state index contributed by atoms with van der Waals surface area (Å²) in [6.45, 7) is 1.41. The molecule has 0 saturated carbocycles. The summed E-state index contributed by atoms with van der Waals surface area (Å²) < 4.78 is 39.6. The average Bonchev–Trinajstić information content (AvgIpc) is 2.12. The average molecular weight is 268 g/mol. The Balaban J connectivity index is 3.07. The molecular formula is C10H9ClF3NO2. The zero-order valence-corrected chi connectivity index (χ0v) is 9.47. The number of Topliss-reactive ketones (excluding diaryl/α,β-unsaturated/α-hetero) is 1. The SMILES string of the molecule is CC(Cl)C(=O)c1cc(N)cc(OC(F)(F)F)c1. The number of anilines is 1. The highest BCUT2D eigenvalue weighted by Gasteiger charge is 2.31. The molecule has 0 aromatic heterocycles. The van der Waals surface area contributed by atoms with Crippen LogP contribution < -0.4 is 10.5 Å². The zero-order chi connectivity index (χ0) is 13.2. The molecule has 0 saturated heterocycles. The van der Waals surface area contributed by atoms with Gasteiger partial charge in [-0.2, -0.15) is 0 Å². The predicted molar refractivity (Wildman–Crippen MR) is 57.2 cm³/mol. The van der Waals surface area contributed by atoms with Gasteiger partial charge in [-0.1, -0.05) is 0 Å². The summed E-state index contributed by atoms with van der Waals surface area (Å²) in [4.78, 5) is 11.5. The van der Waals surface area contributed by atoms with Crippen molar-refractivity contribution in [2.75, 3.05) is 5.73 Å². The Bertz CT molecular complexity index is 432. The van der Waals surface area contributed by atoms with Gasteiger partial charge in [-0.05, 0) is 19.1 Å². The summed E-state index contributed by atoms with van der Waals surface area (Å²) in [6, 6.07) is 3.17. The van der Waals surface area contributed by atoms with Crippen LogP contribution in [-0.2, 0) is 0 Å². The Kier molecular flexibility index (Phi) is 3.87. The van der Waals surface area contributed by atoms with Gasteiger partial charge in [-0.3, -0.25) is 4.79 Å². The standard InChI is InChI=1S/C10H9ClF3NO2/c1-5(11)9(16)6-2-7(15)4-8(3-6)17-10(12,13)14/h2-5H,15H2,1H3. The highest BCUT2D eigenvalue weighted by Crippen LogP contribution is 2.26. The Hall–Kier alpha value is -1.43. The van der Waals surface area contributed by atoms with Crippen molar-refractivity contribution in [3.63, 3.8) is 0 Å². The maximum absolute atomic E-state index is 12.0. The van der Waals surface area contributed by atoms with Gasteiger partial charge in [0.1, 0.15) is 5.75 Å². The number of hydrogen-bond acceptors (Lipinski definition) is 3. The smallest absolute Gasteiger partial charge is 0.406 e. The molecule has 1 rings (SSSR count). The van der Waals surface area contributed by atoms with E-state index in [0.717, 1.165) is 12.1 Å². The molecule has 17 heavy (non-hydrogen) atoms. The summed E-state index contributed by atoms with van der Waals surface area (Å²) in [5.74, 6) is -1.07. The Morgan fingerprint density at radius 1 is 1.41 bits per heavy atom. The highest BCUT2D eigenvalue weighted by molar-refractivity contribution is 6.33. The molecule has 1 atom stereocenters. The van der Waals surface area contributed by atoms with Crippen LogP contribution in [0.3, 0.4) is 0 Å². The van der Waals surface area contributed by atoms with Crippen molar-refractivity contribution in [1.29, 1.82) is 0 Å². The summed E-state index contributed by atoms with van der Waals surface area (Å²) in [5, 5.41) is -0.851. The van der Waals surface area contributed by atoms with E-state index in [0.29, 0.717) is 0 Å². The summed E-state index contributed by atoms with van der Waals surface area (Å²) in [5.41, 5.74) is 5.35. The van der Waals surface area contributed by atoms with Gasteiger partial charge >= 0.3 is 6.36 Å². The van der Waals surface area contributed by atoms with Crippen LogP contribution in [0.15, 0.2) is 18.2 Å². The van der Waals surface area contributed by atoms with Crippen LogP contribution >= 0.6 is 11.6 Å². The molecular weight excluding hydrogens is 259 g/mol. The van der Waals surface area contributed by atoms with Gasteiger partial charge in [0, 0.05) is 17.3 Å². The maximum Gasteiger partial charge on any atom is 0.573 e. The van der Waals surface area contributed by atoms with Gasteiger partial charge in [0.05, 0.1) is 5.38 Å². The molecule has 1 aromatic rings. The van der Waals surface area contributed by atoms with E-state index in [1.54, 1.807) is 0 Å². The Morgan fingerprint density at radius 3 is 2.47 bits per heavy atom. The topological polar surface area (TPSA) is 52.3 Å². The van der Waals surface area contributed by atoms with Crippen LogP contribution in [0.5, 0.6) is 5.75 Å². The lowest BCUT2D eigenvalue weighted by Crippen LogP contribution is -2.18. The maximum atomic E-state index is 12.0. The summed E-state index contributed by atoms with van der Waals surface area (Å²) in [7, 11) is 0. The van der Waals surface area contributed by atoms with Crippen LogP contribution in [0.4, 0.5) is 18.9 Å². The number of ketones is 1. The molecule has 1 unspecified atom stereocenters. The second-order valence-electron chi connectivity index (χ2n) is 3.32. The molecule has 0 aliphatic heterocycles. The van der Waals surface area contributed by atoms with Crippen molar-refractivity contribution in [3.05, 3.63) is 23.8 Å². The van der Waals surface area contributed by atoms with Crippen molar-refractivity contribution < 1.29 is 22.7 Å². The third-order valence-electron chi connectivity index (χ3n) is 1.81. The number of carbonyl (C=O) groups is 1. The largest absolute Gasteiger partial charge is 0.573 e. The van der Waals surface area contributed by atoms with Gasteiger partial charge in [-0.15, -0.1) is 24.8 Å². The molecule has 0 heterocycles. The quantitative estimate of drug-likeness (QED) is 0.520. The minimum Gasteiger partial charge on any atom is -0.406 e. The first-order valence-electron chi connectivity index (χ1n) is 4.53. The number of rotatable bonds is 3. The van der Waals surface area contributed by atoms with Gasteiger partial charge in [-0.25, -0.2) is 0 Å². The van der Waals surface area contributed by atoms with E-state index in [1.807, 2.05) is 0 Å². The third kappa shape index (κ3) is 4.14. The van der Waals surface area contributed by atoms with E-state index < -0.39 is 23.3 Å². The number of hydrogen-bond donors (Lipinski definition) is 1. The Labute approximate surface area is 100 Å². The molecule has 7 heteroatoms. The van der Waals surface area contributed by atoms with E-state index in [2.05, 4.69) is 4.74 Å². The van der Waals surface area contributed by atoms with E-state index in [9.17, 15) is 18.0 Å². The monoisotopic (exact) mass is 267 g/mol. The first-order chi connectivity index (χ1) is 7.69. The molecule has 0 amide bonds. The van der Waals surface area contributed by atoms with Gasteiger partial charge < -0.3 is 10.5 Å². The second-order valence-corrected chi connectivity index (χ2v) is 3.97. The first-order valence-corrected chi connectivity index (χ1v) is 4.97. The van der Waals surface area contributed by atoms with Gasteiger partial charge in [0.15, 0.2) is 5.78 Å². The molecule has 3 nitrogen and oxygen atoms in total. The fraction of sp³-hybridized carbons (Fsp3) is 0.300. The number of benzene rings is 1.